The molecule has 0 aliphatic carbocycles. The summed E-state index contributed by atoms with van der Waals surface area (Å²) in [6.45, 7) is 5.75. The van der Waals surface area contributed by atoms with Crippen LogP contribution in [0.1, 0.15) is 10.4 Å². The van der Waals surface area contributed by atoms with E-state index in [9.17, 15) is 4.79 Å². The van der Waals surface area contributed by atoms with Crippen molar-refractivity contribution in [2.24, 2.45) is 0 Å². The lowest BCUT2D eigenvalue weighted by Crippen LogP contribution is -2.49. The lowest BCUT2D eigenvalue weighted by Gasteiger charge is -2.36. The summed E-state index contributed by atoms with van der Waals surface area (Å²) >= 11 is 0. The minimum Gasteiger partial charge on any atom is -0.495 e. The zero-order chi connectivity index (χ0) is 19.3. The number of carbonyl (C=O) groups is 1. The van der Waals surface area contributed by atoms with Crippen LogP contribution in [-0.4, -0.2) is 80.4 Å². The molecular weight excluding hydrogens is 358 g/mol. The monoisotopic (exact) mass is 383 g/mol. The number of piperazine rings is 1. The Morgan fingerprint density at radius 1 is 0.964 bits per heavy atom. The van der Waals surface area contributed by atoms with Gasteiger partial charge in [0.25, 0.3) is 5.91 Å². The SMILES string of the molecule is COc1ccccc1N1CCN(C(=O)c2cnc(N3CCOCC3)nc2)CC1. The number of anilines is 2. The molecule has 8 nitrogen and oxygen atoms in total. The van der Waals surface area contributed by atoms with Crippen LogP contribution in [0.5, 0.6) is 5.75 Å². The number of hydrogen-bond donors (Lipinski definition) is 0. The van der Waals surface area contributed by atoms with Gasteiger partial charge in [0.15, 0.2) is 0 Å². The summed E-state index contributed by atoms with van der Waals surface area (Å²) < 4.78 is 10.8. The Labute approximate surface area is 164 Å². The first-order valence-corrected chi connectivity index (χ1v) is 9.58. The molecule has 0 saturated carbocycles. The maximum absolute atomic E-state index is 12.8. The van der Waals surface area contributed by atoms with Crippen LogP contribution in [0.25, 0.3) is 0 Å². The van der Waals surface area contributed by atoms with Gasteiger partial charge in [0.1, 0.15) is 5.75 Å². The van der Waals surface area contributed by atoms with Gasteiger partial charge in [0.05, 0.1) is 31.6 Å². The topological polar surface area (TPSA) is 71.0 Å². The highest BCUT2D eigenvalue weighted by molar-refractivity contribution is 5.93. The van der Waals surface area contributed by atoms with Gasteiger partial charge in [0.2, 0.25) is 5.95 Å². The number of hydrogen-bond acceptors (Lipinski definition) is 7. The van der Waals surface area contributed by atoms with Gasteiger partial charge in [0, 0.05) is 51.7 Å². The van der Waals surface area contributed by atoms with Crippen molar-refractivity contribution in [3.05, 3.63) is 42.2 Å². The Kier molecular flexibility index (Phi) is 5.57. The van der Waals surface area contributed by atoms with E-state index in [4.69, 9.17) is 9.47 Å². The van der Waals surface area contributed by atoms with E-state index < -0.39 is 0 Å². The summed E-state index contributed by atoms with van der Waals surface area (Å²) in [6, 6.07) is 7.97. The van der Waals surface area contributed by atoms with E-state index >= 15 is 0 Å². The summed E-state index contributed by atoms with van der Waals surface area (Å²) in [5.41, 5.74) is 1.60. The number of benzene rings is 1. The predicted molar refractivity (Wildman–Crippen MR) is 106 cm³/mol. The van der Waals surface area contributed by atoms with E-state index in [-0.39, 0.29) is 5.91 Å². The quantitative estimate of drug-likeness (QED) is 0.788. The number of carbonyl (C=O) groups excluding carboxylic acids is 1. The molecule has 0 N–H and O–H groups in total. The maximum Gasteiger partial charge on any atom is 0.257 e. The van der Waals surface area contributed by atoms with Crippen molar-refractivity contribution in [1.82, 2.24) is 14.9 Å². The summed E-state index contributed by atoms with van der Waals surface area (Å²) in [6.07, 6.45) is 3.26. The molecular formula is C20H25N5O3. The second-order valence-corrected chi connectivity index (χ2v) is 6.82. The predicted octanol–water partition coefficient (Wildman–Crippen LogP) is 1.28. The number of para-hydroxylation sites is 2. The van der Waals surface area contributed by atoms with E-state index in [0.717, 1.165) is 37.6 Å². The number of methoxy groups -OCH3 is 1. The van der Waals surface area contributed by atoms with E-state index in [1.165, 1.54) is 0 Å². The third-order valence-corrected chi connectivity index (χ3v) is 5.17. The fourth-order valence-electron chi connectivity index (χ4n) is 3.58. The van der Waals surface area contributed by atoms with Gasteiger partial charge in [-0.2, -0.15) is 0 Å². The zero-order valence-corrected chi connectivity index (χ0v) is 16.1. The van der Waals surface area contributed by atoms with Crippen LogP contribution in [0.4, 0.5) is 11.6 Å². The smallest absolute Gasteiger partial charge is 0.257 e. The molecule has 2 aliphatic rings. The second-order valence-electron chi connectivity index (χ2n) is 6.82. The molecule has 4 rings (SSSR count). The van der Waals surface area contributed by atoms with Gasteiger partial charge in [-0.1, -0.05) is 12.1 Å². The van der Waals surface area contributed by atoms with E-state index in [2.05, 4.69) is 25.8 Å². The minimum atomic E-state index is -0.0202. The Hall–Kier alpha value is -2.87. The van der Waals surface area contributed by atoms with Crippen LogP contribution < -0.4 is 14.5 Å². The first-order chi connectivity index (χ1) is 13.8. The summed E-state index contributed by atoms with van der Waals surface area (Å²) in [7, 11) is 1.68. The van der Waals surface area contributed by atoms with Crippen LogP contribution in [0.2, 0.25) is 0 Å². The molecule has 0 unspecified atom stereocenters. The molecule has 28 heavy (non-hydrogen) atoms. The largest absolute Gasteiger partial charge is 0.495 e. The summed E-state index contributed by atoms with van der Waals surface area (Å²) in [5.74, 6) is 1.49. The van der Waals surface area contributed by atoms with Gasteiger partial charge in [-0.05, 0) is 12.1 Å². The molecule has 0 atom stereocenters. The molecule has 0 bridgehead atoms. The van der Waals surface area contributed by atoms with Crippen molar-refractivity contribution in [2.75, 3.05) is 69.4 Å². The van der Waals surface area contributed by atoms with Gasteiger partial charge in [-0.3, -0.25) is 4.79 Å². The molecule has 2 aliphatic heterocycles. The molecule has 148 valence electrons. The van der Waals surface area contributed by atoms with Crippen LogP contribution in [-0.2, 0) is 4.74 Å². The average molecular weight is 383 g/mol. The lowest BCUT2D eigenvalue weighted by molar-refractivity contribution is 0.0745. The first kappa shape index (κ1) is 18.5. The van der Waals surface area contributed by atoms with Crippen molar-refractivity contribution in [3.63, 3.8) is 0 Å². The van der Waals surface area contributed by atoms with Crippen LogP contribution in [0, 0.1) is 0 Å². The maximum atomic E-state index is 12.8. The average Bonchev–Trinajstić information content (AvgIpc) is 2.79. The summed E-state index contributed by atoms with van der Waals surface area (Å²) in [5, 5.41) is 0. The lowest BCUT2D eigenvalue weighted by atomic mass is 10.2. The van der Waals surface area contributed by atoms with Gasteiger partial charge >= 0.3 is 0 Å². The van der Waals surface area contributed by atoms with Gasteiger partial charge in [-0.15, -0.1) is 0 Å². The number of aromatic nitrogens is 2. The normalized spacial score (nSPS) is 17.5. The van der Waals surface area contributed by atoms with Crippen LogP contribution in [0.3, 0.4) is 0 Å². The molecule has 3 heterocycles. The second kappa shape index (κ2) is 8.43. The molecule has 2 aromatic rings. The Morgan fingerprint density at radius 2 is 1.64 bits per heavy atom. The standard InChI is InChI=1S/C20H25N5O3/c1-27-18-5-3-2-4-17(18)23-6-8-24(9-7-23)19(26)16-14-21-20(22-15-16)25-10-12-28-13-11-25/h2-5,14-15H,6-13H2,1H3. The number of amides is 1. The first-order valence-electron chi connectivity index (χ1n) is 9.58. The van der Waals surface area contributed by atoms with E-state index in [1.54, 1.807) is 19.5 Å². The fraction of sp³-hybridized carbons (Fsp3) is 0.450. The van der Waals surface area contributed by atoms with E-state index in [0.29, 0.717) is 37.8 Å². The molecule has 2 fully saturated rings. The highest BCUT2D eigenvalue weighted by Gasteiger charge is 2.24. The van der Waals surface area contributed by atoms with Crippen molar-refractivity contribution in [3.8, 4) is 5.75 Å². The zero-order valence-electron chi connectivity index (χ0n) is 16.1. The van der Waals surface area contributed by atoms with Crippen molar-refractivity contribution < 1.29 is 14.3 Å². The van der Waals surface area contributed by atoms with Crippen molar-refractivity contribution in [2.45, 2.75) is 0 Å². The number of morpholine rings is 1. The minimum absolute atomic E-state index is 0.0202. The Balaban J connectivity index is 1.37. The number of ether oxygens (including phenoxy) is 2. The highest BCUT2D eigenvalue weighted by Crippen LogP contribution is 2.28. The molecule has 2 saturated heterocycles. The molecule has 8 heteroatoms. The third kappa shape index (κ3) is 3.87. The van der Waals surface area contributed by atoms with Crippen molar-refractivity contribution in [1.29, 1.82) is 0 Å². The number of nitrogens with zero attached hydrogens (tertiary/aromatic N) is 5. The number of rotatable bonds is 4. The Morgan fingerprint density at radius 3 is 2.32 bits per heavy atom. The van der Waals surface area contributed by atoms with Gasteiger partial charge < -0.3 is 24.2 Å². The highest BCUT2D eigenvalue weighted by atomic mass is 16.5. The van der Waals surface area contributed by atoms with E-state index in [1.807, 2.05) is 23.1 Å². The molecule has 0 spiro atoms. The summed E-state index contributed by atoms with van der Waals surface area (Å²) in [4.78, 5) is 27.8. The van der Waals surface area contributed by atoms with Crippen LogP contribution >= 0.6 is 0 Å². The fourth-order valence-corrected chi connectivity index (χ4v) is 3.58. The van der Waals surface area contributed by atoms with Crippen LogP contribution in [0.15, 0.2) is 36.7 Å². The third-order valence-electron chi connectivity index (χ3n) is 5.17. The molecule has 1 amide bonds. The molecule has 1 aromatic heterocycles. The van der Waals surface area contributed by atoms with Gasteiger partial charge in [-0.25, -0.2) is 9.97 Å². The van der Waals surface area contributed by atoms with Crippen molar-refractivity contribution >= 4 is 17.5 Å². The Bertz CT molecular complexity index is 800. The molecule has 0 radical (unpaired) electrons. The molecule has 1 aromatic carbocycles.